The molecule has 2 saturated heterocycles. The van der Waals surface area contributed by atoms with Crippen molar-refractivity contribution in [2.45, 2.75) is 32.6 Å². The van der Waals surface area contributed by atoms with Crippen molar-refractivity contribution in [3.05, 3.63) is 30.0 Å². The molecule has 4 rings (SSSR count). The maximum absolute atomic E-state index is 13.0. The van der Waals surface area contributed by atoms with Gasteiger partial charge in [0.05, 0.1) is 5.52 Å². The number of amides is 1. The van der Waals surface area contributed by atoms with Gasteiger partial charge in [0, 0.05) is 25.0 Å². The lowest BCUT2D eigenvalue weighted by Crippen LogP contribution is -2.45. The topological polar surface area (TPSA) is 52.2 Å². The zero-order valence-corrected chi connectivity index (χ0v) is 15.1. The number of H-pyrrole nitrogens is 1. The Morgan fingerprint density at radius 2 is 2.00 bits per heavy atom. The molecule has 2 aliphatic heterocycles. The van der Waals surface area contributed by atoms with E-state index in [0.717, 1.165) is 42.9 Å². The molecule has 2 aromatic rings. The molecule has 0 spiro atoms. The van der Waals surface area contributed by atoms with Crippen LogP contribution in [-0.4, -0.2) is 58.6 Å². The Kier molecular flexibility index (Phi) is 4.75. The van der Waals surface area contributed by atoms with Crippen LogP contribution in [-0.2, 0) is 0 Å². The second-order valence-electron chi connectivity index (χ2n) is 7.86. The maximum Gasteiger partial charge on any atom is 0.275 e. The number of nitrogens with zero attached hydrogens (tertiary/aromatic N) is 3. The fraction of sp³-hybridized carbons (Fsp3) is 0.600. The third-order valence-electron chi connectivity index (χ3n) is 5.87. The molecule has 5 heteroatoms. The van der Waals surface area contributed by atoms with E-state index in [9.17, 15) is 4.79 Å². The molecular weight excluding hydrogens is 312 g/mol. The summed E-state index contributed by atoms with van der Waals surface area (Å²) < 4.78 is 0. The van der Waals surface area contributed by atoms with E-state index < -0.39 is 0 Å². The van der Waals surface area contributed by atoms with E-state index in [1.807, 2.05) is 29.2 Å². The zero-order valence-electron chi connectivity index (χ0n) is 15.1. The predicted octanol–water partition coefficient (Wildman–Crippen LogP) is 3.15. The summed E-state index contributed by atoms with van der Waals surface area (Å²) in [6, 6.07) is 7.87. The minimum absolute atomic E-state index is 0.0782. The lowest BCUT2D eigenvalue weighted by molar-refractivity contribution is 0.0618. The van der Waals surface area contributed by atoms with Crippen molar-refractivity contribution in [1.29, 1.82) is 0 Å². The summed E-state index contributed by atoms with van der Waals surface area (Å²) in [5, 5.41) is 8.21. The largest absolute Gasteiger partial charge is 0.337 e. The molecule has 134 valence electrons. The average molecular weight is 340 g/mol. The molecule has 3 heterocycles. The lowest BCUT2D eigenvalue weighted by Gasteiger charge is -2.37. The van der Waals surface area contributed by atoms with E-state index in [1.54, 1.807) is 0 Å². The minimum atomic E-state index is 0.0782. The number of piperidine rings is 2. The van der Waals surface area contributed by atoms with Crippen molar-refractivity contribution in [2.75, 3.05) is 32.7 Å². The molecule has 0 unspecified atom stereocenters. The Morgan fingerprint density at radius 3 is 2.84 bits per heavy atom. The van der Waals surface area contributed by atoms with Gasteiger partial charge in [0.2, 0.25) is 0 Å². The smallest absolute Gasteiger partial charge is 0.275 e. The maximum atomic E-state index is 13.0. The molecule has 0 radical (unpaired) electrons. The lowest BCUT2D eigenvalue weighted by atomic mass is 9.94. The fourth-order valence-electron chi connectivity index (χ4n) is 4.28. The Labute approximate surface area is 149 Å². The van der Waals surface area contributed by atoms with Crippen molar-refractivity contribution in [3.8, 4) is 0 Å². The molecule has 1 aromatic heterocycles. The number of carbonyl (C=O) groups is 1. The first-order chi connectivity index (χ1) is 12.2. The molecule has 2 fully saturated rings. The van der Waals surface area contributed by atoms with E-state index in [0.29, 0.717) is 11.6 Å². The van der Waals surface area contributed by atoms with Crippen LogP contribution in [0.1, 0.15) is 43.1 Å². The molecule has 2 aliphatic rings. The Morgan fingerprint density at radius 1 is 1.20 bits per heavy atom. The first-order valence-corrected chi connectivity index (χ1v) is 9.65. The van der Waals surface area contributed by atoms with Gasteiger partial charge in [0.1, 0.15) is 0 Å². The highest BCUT2D eigenvalue weighted by Gasteiger charge is 2.28. The van der Waals surface area contributed by atoms with Crippen molar-refractivity contribution in [1.82, 2.24) is 20.0 Å². The van der Waals surface area contributed by atoms with E-state index in [2.05, 4.69) is 22.0 Å². The van der Waals surface area contributed by atoms with Crippen LogP contribution in [0.3, 0.4) is 0 Å². The van der Waals surface area contributed by atoms with Crippen molar-refractivity contribution >= 4 is 16.8 Å². The van der Waals surface area contributed by atoms with E-state index in [-0.39, 0.29) is 5.91 Å². The predicted molar refractivity (Wildman–Crippen MR) is 99.6 cm³/mol. The van der Waals surface area contributed by atoms with Crippen LogP contribution < -0.4 is 0 Å². The van der Waals surface area contributed by atoms with Gasteiger partial charge in [-0.1, -0.05) is 25.1 Å². The number of fused-ring (bicyclic) bond motifs is 1. The highest BCUT2D eigenvalue weighted by atomic mass is 16.2. The number of aromatic nitrogens is 2. The molecule has 1 amide bonds. The van der Waals surface area contributed by atoms with Crippen LogP contribution in [0, 0.1) is 11.8 Å². The standard InChI is InChI=1S/C20H28N4O/c1-15-8-11-23(12-9-15)13-16-5-4-10-24(14-16)20(25)19-17-6-2-3-7-18(17)21-22-19/h2-3,6-7,15-16H,4-5,8-14H2,1H3,(H,21,22)/t16-/m0/s1. The number of nitrogens with one attached hydrogen (secondary N) is 1. The highest BCUT2D eigenvalue weighted by molar-refractivity contribution is 6.04. The van der Waals surface area contributed by atoms with Gasteiger partial charge < -0.3 is 9.80 Å². The van der Waals surface area contributed by atoms with Gasteiger partial charge in [0.15, 0.2) is 5.69 Å². The van der Waals surface area contributed by atoms with Crippen LogP contribution >= 0.6 is 0 Å². The molecule has 1 N–H and O–H groups in total. The number of likely N-dealkylation sites (tertiary alicyclic amines) is 2. The number of benzene rings is 1. The SMILES string of the molecule is CC1CCN(C[C@@H]2CCCN(C(=O)c3n[nH]c4ccccc34)C2)CC1. The molecular formula is C20H28N4O. The zero-order chi connectivity index (χ0) is 17.2. The van der Waals surface area contributed by atoms with Gasteiger partial charge in [-0.3, -0.25) is 9.89 Å². The Bertz CT molecular complexity index is 732. The Balaban J connectivity index is 1.41. The number of hydrogen-bond acceptors (Lipinski definition) is 3. The van der Waals surface area contributed by atoms with Crippen LogP contribution in [0.4, 0.5) is 0 Å². The van der Waals surface area contributed by atoms with Crippen molar-refractivity contribution < 1.29 is 4.79 Å². The molecule has 1 atom stereocenters. The number of rotatable bonds is 3. The normalized spacial score (nSPS) is 23.2. The second-order valence-corrected chi connectivity index (χ2v) is 7.86. The van der Waals surface area contributed by atoms with Gasteiger partial charge >= 0.3 is 0 Å². The molecule has 0 bridgehead atoms. The minimum Gasteiger partial charge on any atom is -0.337 e. The first-order valence-electron chi connectivity index (χ1n) is 9.65. The summed E-state index contributed by atoms with van der Waals surface area (Å²) in [6.07, 6.45) is 4.96. The average Bonchev–Trinajstić information content (AvgIpc) is 3.07. The summed E-state index contributed by atoms with van der Waals surface area (Å²) in [6.45, 7) is 7.65. The summed E-state index contributed by atoms with van der Waals surface area (Å²) in [7, 11) is 0. The van der Waals surface area contributed by atoms with E-state index >= 15 is 0 Å². The van der Waals surface area contributed by atoms with Crippen LogP contribution in [0.15, 0.2) is 24.3 Å². The summed E-state index contributed by atoms with van der Waals surface area (Å²) >= 11 is 0. The van der Waals surface area contributed by atoms with Gasteiger partial charge in [-0.2, -0.15) is 5.10 Å². The van der Waals surface area contributed by atoms with E-state index in [4.69, 9.17) is 0 Å². The van der Waals surface area contributed by atoms with Crippen molar-refractivity contribution in [2.24, 2.45) is 11.8 Å². The third-order valence-corrected chi connectivity index (χ3v) is 5.87. The molecule has 25 heavy (non-hydrogen) atoms. The molecule has 0 saturated carbocycles. The summed E-state index contributed by atoms with van der Waals surface area (Å²) in [4.78, 5) is 17.6. The van der Waals surface area contributed by atoms with Crippen LogP contribution in [0.5, 0.6) is 0 Å². The van der Waals surface area contributed by atoms with Gasteiger partial charge in [-0.25, -0.2) is 0 Å². The monoisotopic (exact) mass is 340 g/mol. The second kappa shape index (κ2) is 7.16. The fourth-order valence-corrected chi connectivity index (χ4v) is 4.28. The quantitative estimate of drug-likeness (QED) is 0.934. The van der Waals surface area contributed by atoms with Crippen molar-refractivity contribution in [3.63, 3.8) is 0 Å². The summed E-state index contributed by atoms with van der Waals surface area (Å²) in [5.41, 5.74) is 1.50. The number of aromatic amines is 1. The molecule has 1 aromatic carbocycles. The van der Waals surface area contributed by atoms with Crippen LogP contribution in [0.25, 0.3) is 10.9 Å². The molecule has 0 aliphatic carbocycles. The van der Waals surface area contributed by atoms with Gasteiger partial charge in [0.25, 0.3) is 5.91 Å². The van der Waals surface area contributed by atoms with Gasteiger partial charge in [-0.15, -0.1) is 0 Å². The number of hydrogen-bond donors (Lipinski definition) is 1. The van der Waals surface area contributed by atoms with Crippen LogP contribution in [0.2, 0.25) is 0 Å². The Hall–Kier alpha value is -1.88. The van der Waals surface area contributed by atoms with E-state index in [1.165, 1.54) is 32.4 Å². The first kappa shape index (κ1) is 16.6. The highest BCUT2D eigenvalue weighted by Crippen LogP contribution is 2.24. The number of para-hydroxylation sites is 1. The molecule has 5 nitrogen and oxygen atoms in total. The van der Waals surface area contributed by atoms with Gasteiger partial charge in [-0.05, 0) is 56.7 Å². The summed E-state index contributed by atoms with van der Waals surface area (Å²) in [5.74, 6) is 1.54. The number of carbonyl (C=O) groups excluding carboxylic acids is 1. The third kappa shape index (κ3) is 3.56.